The molecule has 1 heterocycles. The highest BCUT2D eigenvalue weighted by atomic mass is 16.5. The average molecular weight is 391 g/mol. The predicted molar refractivity (Wildman–Crippen MR) is 114 cm³/mol. The molecule has 0 spiro atoms. The Bertz CT molecular complexity index is 882. The van der Waals surface area contributed by atoms with E-state index in [1.807, 2.05) is 60.7 Å². The molecule has 29 heavy (non-hydrogen) atoms. The van der Waals surface area contributed by atoms with Gasteiger partial charge in [0.1, 0.15) is 18.1 Å². The predicted octanol–water partition coefficient (Wildman–Crippen LogP) is 4.36. The molecular weight excluding hydrogens is 366 g/mol. The van der Waals surface area contributed by atoms with E-state index in [-0.39, 0.29) is 5.91 Å². The summed E-state index contributed by atoms with van der Waals surface area (Å²) in [5.74, 6) is 0.489. The van der Waals surface area contributed by atoms with Crippen molar-refractivity contribution in [3.63, 3.8) is 0 Å². The number of ether oxygens (including phenoxy) is 2. The van der Waals surface area contributed by atoms with E-state index in [4.69, 9.17) is 9.47 Å². The van der Waals surface area contributed by atoms with Crippen LogP contribution in [0.5, 0.6) is 5.75 Å². The molecule has 6 nitrogen and oxygen atoms in total. The summed E-state index contributed by atoms with van der Waals surface area (Å²) in [6, 6.07) is 20.8. The van der Waals surface area contributed by atoms with E-state index >= 15 is 0 Å². The summed E-state index contributed by atoms with van der Waals surface area (Å²) in [4.78, 5) is 16.6. The van der Waals surface area contributed by atoms with Gasteiger partial charge in [0, 0.05) is 25.9 Å². The molecular formula is C23H25N3O3. The number of nitrogens with one attached hydrogen (secondary N) is 2. The summed E-state index contributed by atoms with van der Waals surface area (Å²) in [6.45, 7) is 2.00. The highest BCUT2D eigenvalue weighted by molar-refractivity contribution is 6.02. The van der Waals surface area contributed by atoms with Gasteiger partial charge in [-0.2, -0.15) is 0 Å². The molecule has 0 unspecified atom stereocenters. The summed E-state index contributed by atoms with van der Waals surface area (Å²) >= 11 is 0. The van der Waals surface area contributed by atoms with Gasteiger partial charge in [-0.3, -0.25) is 4.79 Å². The summed E-state index contributed by atoms with van der Waals surface area (Å²) in [5.41, 5.74) is 3.02. The van der Waals surface area contributed by atoms with Gasteiger partial charge in [-0.15, -0.1) is 0 Å². The van der Waals surface area contributed by atoms with Crippen molar-refractivity contribution in [1.29, 1.82) is 0 Å². The monoisotopic (exact) mass is 391 g/mol. The lowest BCUT2D eigenvalue weighted by molar-refractivity contribution is 0.102. The van der Waals surface area contributed by atoms with Gasteiger partial charge in [0.2, 0.25) is 0 Å². The van der Waals surface area contributed by atoms with Gasteiger partial charge in [0.25, 0.3) is 5.91 Å². The topological polar surface area (TPSA) is 72.5 Å². The summed E-state index contributed by atoms with van der Waals surface area (Å²) in [6.07, 6.45) is 2.56. The van der Waals surface area contributed by atoms with Crippen LogP contribution in [0.4, 0.5) is 11.4 Å². The highest BCUT2D eigenvalue weighted by Crippen LogP contribution is 2.18. The van der Waals surface area contributed by atoms with Crippen LogP contribution in [0, 0.1) is 0 Å². The van der Waals surface area contributed by atoms with E-state index in [0.717, 1.165) is 30.0 Å². The van der Waals surface area contributed by atoms with Crippen LogP contribution in [0.2, 0.25) is 0 Å². The molecule has 0 atom stereocenters. The second kappa shape index (κ2) is 10.8. The molecule has 1 amide bonds. The molecule has 0 aliphatic heterocycles. The number of hydrogen-bond donors (Lipinski definition) is 2. The van der Waals surface area contributed by atoms with Crippen LogP contribution >= 0.6 is 0 Å². The molecule has 1 aromatic heterocycles. The maximum Gasteiger partial charge on any atom is 0.274 e. The number of amides is 1. The number of aromatic nitrogens is 1. The largest absolute Gasteiger partial charge is 0.489 e. The number of pyridine rings is 1. The fraction of sp³-hybridized carbons (Fsp3) is 0.217. The standard InChI is InChI=1S/C23H25N3O3/c1-28-15-5-14-24-20-10-13-22(25-16-20)23(27)26-19-8-11-21(12-9-19)29-17-18-6-3-2-4-7-18/h2-4,6-13,16,24H,5,14-15,17H2,1H3,(H,26,27). The number of hydrogen-bond acceptors (Lipinski definition) is 5. The second-order valence-electron chi connectivity index (χ2n) is 6.46. The van der Waals surface area contributed by atoms with Gasteiger partial charge in [0.15, 0.2) is 0 Å². The van der Waals surface area contributed by atoms with Gasteiger partial charge in [-0.05, 0) is 48.4 Å². The zero-order valence-corrected chi connectivity index (χ0v) is 16.4. The molecule has 0 saturated carbocycles. The van der Waals surface area contributed by atoms with E-state index < -0.39 is 0 Å². The van der Waals surface area contributed by atoms with Crippen LogP contribution in [-0.2, 0) is 11.3 Å². The number of methoxy groups -OCH3 is 1. The molecule has 0 saturated heterocycles. The van der Waals surface area contributed by atoms with Gasteiger partial charge >= 0.3 is 0 Å². The zero-order chi connectivity index (χ0) is 20.3. The molecule has 3 aromatic rings. The Balaban J connectivity index is 1.48. The minimum Gasteiger partial charge on any atom is -0.489 e. The van der Waals surface area contributed by atoms with Crippen LogP contribution in [0.15, 0.2) is 72.9 Å². The molecule has 150 valence electrons. The average Bonchev–Trinajstić information content (AvgIpc) is 2.77. The van der Waals surface area contributed by atoms with Crippen LogP contribution in [-0.4, -0.2) is 31.2 Å². The molecule has 2 aromatic carbocycles. The smallest absolute Gasteiger partial charge is 0.274 e. The Morgan fingerprint density at radius 1 is 0.966 bits per heavy atom. The van der Waals surface area contributed by atoms with E-state index in [9.17, 15) is 4.79 Å². The summed E-state index contributed by atoms with van der Waals surface area (Å²) in [5, 5.41) is 6.08. The first-order chi connectivity index (χ1) is 14.2. The first kappa shape index (κ1) is 20.4. The van der Waals surface area contributed by atoms with Gasteiger partial charge in [-0.25, -0.2) is 4.98 Å². The first-order valence-electron chi connectivity index (χ1n) is 9.51. The molecule has 0 aliphatic rings. The number of carbonyl (C=O) groups is 1. The number of anilines is 2. The molecule has 0 aliphatic carbocycles. The number of carbonyl (C=O) groups excluding carboxylic acids is 1. The van der Waals surface area contributed by atoms with E-state index in [0.29, 0.717) is 24.6 Å². The Morgan fingerprint density at radius 2 is 1.72 bits per heavy atom. The van der Waals surface area contributed by atoms with Crippen LogP contribution in [0.25, 0.3) is 0 Å². The third kappa shape index (κ3) is 6.62. The van der Waals surface area contributed by atoms with Crippen molar-refractivity contribution in [3.8, 4) is 5.75 Å². The Hall–Kier alpha value is -3.38. The van der Waals surface area contributed by atoms with Gasteiger partial charge in [0.05, 0.1) is 11.9 Å². The lowest BCUT2D eigenvalue weighted by Gasteiger charge is -2.09. The Morgan fingerprint density at radius 3 is 2.41 bits per heavy atom. The number of nitrogens with zero attached hydrogens (tertiary/aromatic N) is 1. The number of benzene rings is 2. The van der Waals surface area contributed by atoms with E-state index in [1.165, 1.54) is 0 Å². The molecule has 3 rings (SSSR count). The first-order valence-corrected chi connectivity index (χ1v) is 9.51. The minimum absolute atomic E-state index is 0.256. The SMILES string of the molecule is COCCCNc1ccc(C(=O)Nc2ccc(OCc3ccccc3)cc2)nc1. The normalized spacial score (nSPS) is 10.4. The minimum atomic E-state index is -0.256. The zero-order valence-electron chi connectivity index (χ0n) is 16.4. The van der Waals surface area contributed by atoms with Crippen molar-refractivity contribution >= 4 is 17.3 Å². The summed E-state index contributed by atoms with van der Waals surface area (Å²) < 4.78 is 10.8. The lowest BCUT2D eigenvalue weighted by Crippen LogP contribution is -2.14. The van der Waals surface area contributed by atoms with Crippen molar-refractivity contribution in [2.75, 3.05) is 30.9 Å². The van der Waals surface area contributed by atoms with Crippen molar-refractivity contribution in [1.82, 2.24) is 4.98 Å². The summed E-state index contributed by atoms with van der Waals surface area (Å²) in [7, 11) is 1.68. The van der Waals surface area contributed by atoms with Crippen LogP contribution < -0.4 is 15.4 Å². The quantitative estimate of drug-likeness (QED) is 0.503. The molecule has 6 heteroatoms. The molecule has 2 N–H and O–H groups in total. The highest BCUT2D eigenvalue weighted by Gasteiger charge is 2.08. The van der Waals surface area contributed by atoms with Crippen molar-refractivity contribution in [2.45, 2.75) is 13.0 Å². The third-order valence-electron chi connectivity index (χ3n) is 4.21. The number of rotatable bonds is 10. The maximum atomic E-state index is 12.4. The Kier molecular flexibility index (Phi) is 7.60. The Labute approximate surface area is 170 Å². The van der Waals surface area contributed by atoms with Crippen LogP contribution in [0.1, 0.15) is 22.5 Å². The maximum absolute atomic E-state index is 12.4. The molecule has 0 fully saturated rings. The van der Waals surface area contributed by atoms with Crippen molar-refractivity contribution in [2.24, 2.45) is 0 Å². The van der Waals surface area contributed by atoms with Crippen LogP contribution in [0.3, 0.4) is 0 Å². The fourth-order valence-corrected chi connectivity index (χ4v) is 2.65. The van der Waals surface area contributed by atoms with E-state index in [1.54, 1.807) is 19.4 Å². The molecule has 0 radical (unpaired) electrons. The molecule has 0 bridgehead atoms. The second-order valence-corrected chi connectivity index (χ2v) is 6.46. The van der Waals surface area contributed by atoms with Crippen molar-refractivity contribution in [3.05, 3.63) is 84.2 Å². The van der Waals surface area contributed by atoms with Crippen molar-refractivity contribution < 1.29 is 14.3 Å². The fourth-order valence-electron chi connectivity index (χ4n) is 2.65. The van der Waals surface area contributed by atoms with Gasteiger partial charge < -0.3 is 20.1 Å². The lowest BCUT2D eigenvalue weighted by atomic mass is 10.2. The third-order valence-corrected chi connectivity index (χ3v) is 4.21. The van der Waals surface area contributed by atoms with Gasteiger partial charge in [-0.1, -0.05) is 30.3 Å². The van der Waals surface area contributed by atoms with E-state index in [2.05, 4.69) is 15.6 Å².